The number of phenolic OH excluding ortho intramolecular Hbond substituents is 1. The number of rotatable bonds is 4. The van der Waals surface area contributed by atoms with Crippen molar-refractivity contribution in [2.24, 2.45) is 5.73 Å². The molecule has 2 aromatic carbocycles. The SMILES string of the molecule is N[C@H](Cc1ccc(O)cc1)C(=O)Nc1cccc(Cl)c1Cl. The van der Waals surface area contributed by atoms with Crippen molar-refractivity contribution in [3.63, 3.8) is 0 Å². The first kappa shape index (κ1) is 15.6. The first-order valence-electron chi connectivity index (χ1n) is 6.25. The molecule has 0 aromatic heterocycles. The molecule has 0 radical (unpaired) electrons. The molecule has 0 aliphatic heterocycles. The van der Waals surface area contributed by atoms with Gasteiger partial charge in [-0.25, -0.2) is 0 Å². The molecule has 6 heteroatoms. The van der Waals surface area contributed by atoms with Crippen LogP contribution in [0.2, 0.25) is 10.0 Å². The molecule has 21 heavy (non-hydrogen) atoms. The Morgan fingerprint density at radius 3 is 2.52 bits per heavy atom. The molecule has 0 unspecified atom stereocenters. The van der Waals surface area contributed by atoms with E-state index in [-0.39, 0.29) is 16.7 Å². The molecule has 0 saturated carbocycles. The summed E-state index contributed by atoms with van der Waals surface area (Å²) < 4.78 is 0. The van der Waals surface area contributed by atoms with Crippen LogP contribution in [0.25, 0.3) is 0 Å². The summed E-state index contributed by atoms with van der Waals surface area (Å²) in [4.78, 5) is 12.1. The fraction of sp³-hybridized carbons (Fsp3) is 0.133. The topological polar surface area (TPSA) is 75.3 Å². The molecule has 4 nitrogen and oxygen atoms in total. The average Bonchev–Trinajstić information content (AvgIpc) is 2.46. The van der Waals surface area contributed by atoms with Gasteiger partial charge in [-0.2, -0.15) is 0 Å². The maximum atomic E-state index is 12.1. The minimum absolute atomic E-state index is 0.169. The van der Waals surface area contributed by atoms with Crippen LogP contribution in [-0.4, -0.2) is 17.1 Å². The van der Waals surface area contributed by atoms with Crippen molar-refractivity contribution in [2.75, 3.05) is 5.32 Å². The van der Waals surface area contributed by atoms with Crippen LogP contribution < -0.4 is 11.1 Å². The van der Waals surface area contributed by atoms with E-state index in [1.165, 1.54) is 0 Å². The zero-order valence-electron chi connectivity index (χ0n) is 11.0. The molecule has 110 valence electrons. The van der Waals surface area contributed by atoms with Crippen LogP contribution in [-0.2, 0) is 11.2 Å². The standard InChI is InChI=1S/C15H14Cl2N2O2/c16-11-2-1-3-13(14(11)17)19-15(21)12(18)8-9-4-6-10(20)7-5-9/h1-7,12,20H,8,18H2,(H,19,21)/t12-/m1/s1. The van der Waals surface area contributed by atoms with Gasteiger partial charge in [0.25, 0.3) is 0 Å². The number of carbonyl (C=O) groups excluding carboxylic acids is 1. The number of benzene rings is 2. The second-order valence-corrected chi connectivity index (χ2v) is 5.35. The van der Waals surface area contributed by atoms with Gasteiger partial charge in [-0.05, 0) is 36.2 Å². The Balaban J connectivity index is 2.02. The van der Waals surface area contributed by atoms with Gasteiger partial charge in [0.1, 0.15) is 5.75 Å². The molecule has 0 spiro atoms. The Morgan fingerprint density at radius 1 is 1.19 bits per heavy atom. The minimum Gasteiger partial charge on any atom is -0.508 e. The molecule has 2 aromatic rings. The number of hydrogen-bond donors (Lipinski definition) is 3. The highest BCUT2D eigenvalue weighted by Crippen LogP contribution is 2.29. The number of halogens is 2. The number of anilines is 1. The Morgan fingerprint density at radius 2 is 1.86 bits per heavy atom. The zero-order valence-corrected chi connectivity index (χ0v) is 12.5. The van der Waals surface area contributed by atoms with Crippen LogP contribution in [0.5, 0.6) is 5.75 Å². The molecule has 1 amide bonds. The van der Waals surface area contributed by atoms with Crippen LogP contribution in [0.3, 0.4) is 0 Å². The lowest BCUT2D eigenvalue weighted by Gasteiger charge is -2.13. The van der Waals surface area contributed by atoms with Gasteiger partial charge < -0.3 is 16.2 Å². The fourth-order valence-electron chi connectivity index (χ4n) is 1.80. The van der Waals surface area contributed by atoms with E-state index < -0.39 is 6.04 Å². The third-order valence-electron chi connectivity index (χ3n) is 2.94. The van der Waals surface area contributed by atoms with Crippen molar-refractivity contribution < 1.29 is 9.90 Å². The Hall–Kier alpha value is -1.75. The van der Waals surface area contributed by atoms with Gasteiger partial charge >= 0.3 is 0 Å². The van der Waals surface area contributed by atoms with E-state index in [9.17, 15) is 9.90 Å². The summed E-state index contributed by atoms with van der Waals surface area (Å²) in [6, 6.07) is 10.8. The largest absolute Gasteiger partial charge is 0.508 e. The van der Waals surface area contributed by atoms with Crippen LogP contribution in [0, 0.1) is 0 Å². The predicted molar refractivity (Wildman–Crippen MR) is 84.9 cm³/mol. The van der Waals surface area contributed by atoms with E-state index in [2.05, 4.69) is 5.32 Å². The molecule has 0 saturated heterocycles. The number of nitrogens with one attached hydrogen (secondary N) is 1. The van der Waals surface area contributed by atoms with Gasteiger partial charge in [0.15, 0.2) is 0 Å². The highest BCUT2D eigenvalue weighted by molar-refractivity contribution is 6.44. The number of nitrogens with two attached hydrogens (primary N) is 1. The molecule has 0 heterocycles. The van der Waals surface area contributed by atoms with Crippen LogP contribution in [0.4, 0.5) is 5.69 Å². The number of amides is 1. The molecular formula is C15H14Cl2N2O2. The van der Waals surface area contributed by atoms with Crippen molar-refractivity contribution in [2.45, 2.75) is 12.5 Å². The monoisotopic (exact) mass is 324 g/mol. The predicted octanol–water partition coefficient (Wildman–Crippen LogP) is 3.21. The molecule has 0 bridgehead atoms. The Labute approximate surface area is 132 Å². The summed E-state index contributed by atoms with van der Waals surface area (Å²) in [5.74, 6) is -0.185. The number of hydrogen-bond acceptors (Lipinski definition) is 3. The maximum absolute atomic E-state index is 12.1. The first-order valence-corrected chi connectivity index (χ1v) is 7.01. The summed E-state index contributed by atoms with van der Waals surface area (Å²) in [5.41, 5.74) is 7.15. The second kappa shape index (κ2) is 6.80. The number of phenols is 1. The lowest BCUT2D eigenvalue weighted by molar-refractivity contribution is -0.117. The maximum Gasteiger partial charge on any atom is 0.241 e. The summed E-state index contributed by atoms with van der Waals surface area (Å²) in [6.45, 7) is 0. The van der Waals surface area contributed by atoms with E-state index in [1.54, 1.807) is 42.5 Å². The molecule has 2 rings (SSSR count). The second-order valence-electron chi connectivity index (χ2n) is 4.57. The van der Waals surface area contributed by atoms with Crippen molar-refractivity contribution in [3.8, 4) is 5.75 Å². The van der Waals surface area contributed by atoms with Crippen molar-refractivity contribution in [1.29, 1.82) is 0 Å². The lowest BCUT2D eigenvalue weighted by Crippen LogP contribution is -2.37. The first-order chi connectivity index (χ1) is 9.97. The molecule has 0 fully saturated rings. The van der Waals surface area contributed by atoms with E-state index in [1.807, 2.05) is 0 Å². The molecule has 1 atom stereocenters. The van der Waals surface area contributed by atoms with Gasteiger partial charge in [0.05, 0.1) is 21.8 Å². The van der Waals surface area contributed by atoms with Crippen molar-refractivity contribution in [3.05, 3.63) is 58.1 Å². The normalized spacial score (nSPS) is 12.0. The highest BCUT2D eigenvalue weighted by atomic mass is 35.5. The van der Waals surface area contributed by atoms with Crippen molar-refractivity contribution >= 4 is 34.8 Å². The van der Waals surface area contributed by atoms with Crippen LogP contribution in [0.1, 0.15) is 5.56 Å². The number of carbonyl (C=O) groups is 1. The molecule has 0 aliphatic rings. The van der Waals surface area contributed by atoms with Gasteiger partial charge in [0.2, 0.25) is 5.91 Å². The van der Waals surface area contributed by atoms with Gasteiger partial charge in [-0.3, -0.25) is 4.79 Å². The van der Waals surface area contributed by atoms with E-state index in [0.29, 0.717) is 17.1 Å². The Bertz CT molecular complexity index is 645. The minimum atomic E-state index is -0.732. The summed E-state index contributed by atoms with van der Waals surface area (Å²) >= 11 is 11.9. The van der Waals surface area contributed by atoms with E-state index in [4.69, 9.17) is 28.9 Å². The fourth-order valence-corrected chi connectivity index (χ4v) is 2.15. The third kappa shape index (κ3) is 4.11. The van der Waals surface area contributed by atoms with Gasteiger partial charge in [-0.1, -0.05) is 41.4 Å². The highest BCUT2D eigenvalue weighted by Gasteiger charge is 2.16. The molecule has 0 aliphatic carbocycles. The van der Waals surface area contributed by atoms with E-state index in [0.717, 1.165) is 5.56 Å². The Kier molecular flexibility index (Phi) is 5.07. The zero-order chi connectivity index (χ0) is 15.4. The summed E-state index contributed by atoms with van der Waals surface area (Å²) in [7, 11) is 0. The smallest absolute Gasteiger partial charge is 0.241 e. The average molecular weight is 325 g/mol. The molecule has 4 N–H and O–H groups in total. The van der Waals surface area contributed by atoms with E-state index >= 15 is 0 Å². The van der Waals surface area contributed by atoms with Crippen LogP contribution >= 0.6 is 23.2 Å². The molecular weight excluding hydrogens is 311 g/mol. The summed E-state index contributed by atoms with van der Waals surface area (Å²) in [6.07, 6.45) is 0.351. The van der Waals surface area contributed by atoms with Gasteiger partial charge in [-0.15, -0.1) is 0 Å². The summed E-state index contributed by atoms with van der Waals surface area (Å²) in [5, 5.41) is 12.5. The van der Waals surface area contributed by atoms with Crippen molar-refractivity contribution in [1.82, 2.24) is 0 Å². The van der Waals surface area contributed by atoms with Crippen LogP contribution in [0.15, 0.2) is 42.5 Å². The number of aromatic hydroxyl groups is 1. The van der Waals surface area contributed by atoms with Gasteiger partial charge in [0, 0.05) is 0 Å². The third-order valence-corrected chi connectivity index (χ3v) is 3.76. The quantitative estimate of drug-likeness (QED) is 0.808. The lowest BCUT2D eigenvalue weighted by atomic mass is 10.1.